The van der Waals surface area contributed by atoms with Gasteiger partial charge in [0.1, 0.15) is 0 Å². The van der Waals surface area contributed by atoms with Crippen molar-refractivity contribution in [3.05, 3.63) is 35.9 Å². The first-order valence-corrected chi connectivity index (χ1v) is 7.59. The Morgan fingerprint density at radius 1 is 1.19 bits per heavy atom. The lowest BCUT2D eigenvalue weighted by atomic mass is 9.96. The minimum absolute atomic E-state index is 0.0225. The Balaban J connectivity index is 2.33. The Labute approximate surface area is 126 Å². The van der Waals surface area contributed by atoms with Crippen molar-refractivity contribution in [2.24, 2.45) is 5.92 Å². The highest BCUT2D eigenvalue weighted by atomic mass is 16.4. The van der Waals surface area contributed by atoms with Crippen LogP contribution >= 0.6 is 0 Å². The highest BCUT2D eigenvalue weighted by molar-refractivity contribution is 5.83. The highest BCUT2D eigenvalue weighted by Gasteiger charge is 2.15. The Morgan fingerprint density at radius 2 is 1.86 bits per heavy atom. The van der Waals surface area contributed by atoms with Crippen LogP contribution in [-0.4, -0.2) is 23.5 Å². The summed E-state index contributed by atoms with van der Waals surface area (Å²) in [5, 5.41) is 11.6. The monoisotopic (exact) mass is 291 g/mol. The third-order valence-electron chi connectivity index (χ3n) is 3.89. The van der Waals surface area contributed by atoms with Crippen molar-refractivity contribution in [1.82, 2.24) is 5.32 Å². The van der Waals surface area contributed by atoms with Crippen molar-refractivity contribution in [3.63, 3.8) is 0 Å². The first kappa shape index (κ1) is 17.2. The fourth-order valence-electron chi connectivity index (χ4n) is 2.33. The molecule has 1 aromatic rings. The van der Waals surface area contributed by atoms with Crippen molar-refractivity contribution < 1.29 is 14.7 Å². The highest BCUT2D eigenvalue weighted by Crippen LogP contribution is 2.16. The van der Waals surface area contributed by atoms with Crippen LogP contribution in [0.25, 0.3) is 0 Å². The molecule has 2 atom stereocenters. The number of carbonyl (C=O) groups excluding carboxylic acids is 1. The predicted octanol–water partition coefficient (Wildman–Crippen LogP) is 3.19. The van der Waals surface area contributed by atoms with E-state index in [-0.39, 0.29) is 18.2 Å². The maximum atomic E-state index is 12.1. The van der Waals surface area contributed by atoms with Gasteiger partial charge >= 0.3 is 5.97 Å². The molecule has 1 amide bonds. The second-order valence-corrected chi connectivity index (χ2v) is 5.42. The number of nitrogens with one attached hydrogen (secondary N) is 1. The van der Waals surface area contributed by atoms with Gasteiger partial charge in [0.25, 0.3) is 0 Å². The largest absolute Gasteiger partial charge is 0.481 e. The SMILES string of the molecule is CCC(CCNC(=O)C(C)c1ccccc1)CCC(=O)O. The van der Waals surface area contributed by atoms with Gasteiger partial charge in [-0.3, -0.25) is 9.59 Å². The van der Waals surface area contributed by atoms with Gasteiger partial charge in [0.15, 0.2) is 0 Å². The van der Waals surface area contributed by atoms with Gasteiger partial charge in [-0.05, 0) is 31.2 Å². The van der Waals surface area contributed by atoms with Crippen LogP contribution in [0.1, 0.15) is 51.0 Å². The van der Waals surface area contributed by atoms with Crippen molar-refractivity contribution in [2.75, 3.05) is 6.54 Å². The molecule has 1 aromatic carbocycles. The minimum Gasteiger partial charge on any atom is -0.481 e. The molecule has 0 fully saturated rings. The zero-order chi connectivity index (χ0) is 15.7. The van der Waals surface area contributed by atoms with Crippen molar-refractivity contribution >= 4 is 11.9 Å². The minimum atomic E-state index is -0.754. The van der Waals surface area contributed by atoms with Crippen LogP contribution in [0.4, 0.5) is 0 Å². The van der Waals surface area contributed by atoms with Crippen LogP contribution in [0.5, 0.6) is 0 Å². The molecule has 0 saturated carbocycles. The summed E-state index contributed by atoms with van der Waals surface area (Å²) in [5.41, 5.74) is 1.01. The molecule has 1 rings (SSSR count). The van der Waals surface area contributed by atoms with E-state index in [0.717, 1.165) is 18.4 Å². The second kappa shape index (κ2) is 9.16. The molecule has 0 aromatic heterocycles. The Hall–Kier alpha value is -1.84. The van der Waals surface area contributed by atoms with Crippen LogP contribution in [0.2, 0.25) is 0 Å². The molecular weight excluding hydrogens is 266 g/mol. The Morgan fingerprint density at radius 3 is 2.43 bits per heavy atom. The third-order valence-corrected chi connectivity index (χ3v) is 3.89. The van der Waals surface area contributed by atoms with Crippen LogP contribution < -0.4 is 5.32 Å². The van der Waals surface area contributed by atoms with Crippen LogP contribution in [-0.2, 0) is 9.59 Å². The maximum Gasteiger partial charge on any atom is 0.303 e. The van der Waals surface area contributed by atoms with Gasteiger partial charge in [-0.25, -0.2) is 0 Å². The van der Waals surface area contributed by atoms with Gasteiger partial charge in [0.05, 0.1) is 5.92 Å². The lowest BCUT2D eigenvalue weighted by Crippen LogP contribution is -2.30. The van der Waals surface area contributed by atoms with E-state index in [0.29, 0.717) is 18.9 Å². The van der Waals surface area contributed by atoms with Crippen molar-refractivity contribution in [1.29, 1.82) is 0 Å². The molecule has 2 N–H and O–H groups in total. The zero-order valence-corrected chi connectivity index (χ0v) is 12.8. The fraction of sp³-hybridized carbons (Fsp3) is 0.529. The summed E-state index contributed by atoms with van der Waals surface area (Å²) in [7, 11) is 0. The molecule has 21 heavy (non-hydrogen) atoms. The van der Waals surface area contributed by atoms with Gasteiger partial charge in [-0.15, -0.1) is 0 Å². The number of amides is 1. The van der Waals surface area contributed by atoms with Gasteiger partial charge in [0.2, 0.25) is 5.91 Å². The number of hydrogen-bond donors (Lipinski definition) is 2. The molecule has 0 radical (unpaired) electrons. The normalized spacial score (nSPS) is 13.4. The molecule has 0 aliphatic heterocycles. The quantitative estimate of drug-likeness (QED) is 0.734. The number of benzene rings is 1. The molecule has 0 aliphatic carbocycles. The summed E-state index contributed by atoms with van der Waals surface area (Å²) >= 11 is 0. The number of hydrogen-bond acceptors (Lipinski definition) is 2. The third kappa shape index (κ3) is 6.43. The molecule has 116 valence electrons. The smallest absolute Gasteiger partial charge is 0.303 e. The van der Waals surface area contributed by atoms with E-state index in [1.807, 2.05) is 37.3 Å². The lowest BCUT2D eigenvalue weighted by molar-refractivity contribution is -0.137. The summed E-state index contributed by atoms with van der Waals surface area (Å²) in [6.07, 6.45) is 2.65. The van der Waals surface area contributed by atoms with Gasteiger partial charge in [-0.1, -0.05) is 43.7 Å². The molecule has 0 bridgehead atoms. The number of aliphatic carboxylic acids is 1. The predicted molar refractivity (Wildman–Crippen MR) is 83.1 cm³/mol. The van der Waals surface area contributed by atoms with Crippen molar-refractivity contribution in [3.8, 4) is 0 Å². The summed E-state index contributed by atoms with van der Waals surface area (Å²) in [6.45, 7) is 4.56. The first-order valence-electron chi connectivity index (χ1n) is 7.59. The lowest BCUT2D eigenvalue weighted by Gasteiger charge is -2.16. The number of carboxylic acids is 1. The van der Waals surface area contributed by atoms with Gasteiger partial charge < -0.3 is 10.4 Å². The van der Waals surface area contributed by atoms with E-state index in [9.17, 15) is 9.59 Å². The van der Waals surface area contributed by atoms with E-state index in [4.69, 9.17) is 5.11 Å². The molecule has 0 spiro atoms. The molecular formula is C17H25NO3. The zero-order valence-electron chi connectivity index (χ0n) is 12.8. The average molecular weight is 291 g/mol. The Kier molecular flexibility index (Phi) is 7.51. The van der Waals surface area contributed by atoms with E-state index in [2.05, 4.69) is 12.2 Å². The summed E-state index contributed by atoms with van der Waals surface area (Å²) in [6, 6.07) is 9.69. The topological polar surface area (TPSA) is 66.4 Å². The molecule has 4 nitrogen and oxygen atoms in total. The maximum absolute atomic E-state index is 12.1. The van der Waals surface area contributed by atoms with Crippen LogP contribution in [0.15, 0.2) is 30.3 Å². The number of rotatable bonds is 9. The van der Waals surface area contributed by atoms with E-state index in [1.54, 1.807) is 0 Å². The van der Waals surface area contributed by atoms with E-state index >= 15 is 0 Å². The molecule has 0 aliphatic rings. The molecule has 4 heteroatoms. The fourth-order valence-corrected chi connectivity index (χ4v) is 2.33. The van der Waals surface area contributed by atoms with Gasteiger partial charge in [0, 0.05) is 13.0 Å². The number of carboxylic acid groups (broad SMARTS) is 1. The average Bonchev–Trinajstić information content (AvgIpc) is 2.50. The summed E-state index contributed by atoms with van der Waals surface area (Å²) in [4.78, 5) is 22.7. The Bertz CT molecular complexity index is 445. The van der Waals surface area contributed by atoms with Gasteiger partial charge in [-0.2, -0.15) is 0 Å². The summed E-state index contributed by atoms with van der Waals surface area (Å²) < 4.78 is 0. The van der Waals surface area contributed by atoms with Crippen LogP contribution in [0, 0.1) is 5.92 Å². The van der Waals surface area contributed by atoms with E-state index in [1.165, 1.54) is 0 Å². The van der Waals surface area contributed by atoms with Crippen LogP contribution in [0.3, 0.4) is 0 Å². The first-order chi connectivity index (χ1) is 10.0. The molecule has 0 heterocycles. The second-order valence-electron chi connectivity index (χ2n) is 5.42. The molecule has 0 saturated heterocycles. The van der Waals surface area contributed by atoms with Crippen molar-refractivity contribution in [2.45, 2.75) is 45.4 Å². The standard InChI is InChI=1S/C17H25NO3/c1-3-14(9-10-16(19)20)11-12-18-17(21)13(2)15-7-5-4-6-8-15/h4-8,13-14H,3,9-12H2,1-2H3,(H,18,21)(H,19,20). The van der Waals surface area contributed by atoms with E-state index < -0.39 is 5.97 Å². The number of carbonyl (C=O) groups is 2. The summed E-state index contributed by atoms with van der Waals surface area (Å²) in [5.74, 6) is -0.539. The molecule has 2 unspecified atom stereocenters.